The number of nitrogens with one attached hydrogen (secondary N) is 1. The van der Waals surface area contributed by atoms with Gasteiger partial charge in [0, 0.05) is 11.3 Å². The molecule has 3 N–H and O–H groups in total. The second-order valence-electron chi connectivity index (χ2n) is 6.67. The molecular formula is C19H17F3N6O2. The number of aromatic nitrogens is 4. The zero-order valence-corrected chi connectivity index (χ0v) is 15.6. The van der Waals surface area contributed by atoms with Gasteiger partial charge in [-0.2, -0.15) is 18.3 Å². The number of carbonyl (C=O) groups excluding carboxylic acids is 1. The number of amides is 2. The van der Waals surface area contributed by atoms with Crippen molar-refractivity contribution in [2.45, 2.75) is 19.1 Å². The Morgan fingerprint density at radius 1 is 1.23 bits per heavy atom. The molecule has 11 heteroatoms. The van der Waals surface area contributed by atoms with E-state index in [4.69, 9.17) is 10.5 Å². The first kappa shape index (κ1) is 19.8. The van der Waals surface area contributed by atoms with Crippen molar-refractivity contribution in [2.24, 2.45) is 5.73 Å². The van der Waals surface area contributed by atoms with Crippen LogP contribution in [0, 0.1) is 0 Å². The molecule has 1 aliphatic heterocycles. The fourth-order valence-electron chi connectivity index (χ4n) is 3.20. The fraction of sp³-hybridized carbons (Fsp3) is 0.263. The van der Waals surface area contributed by atoms with Crippen LogP contribution in [-0.4, -0.2) is 45.2 Å². The lowest BCUT2D eigenvalue weighted by atomic mass is 10.0. The second kappa shape index (κ2) is 7.75. The molecule has 2 amide bonds. The minimum Gasteiger partial charge on any atom is -0.377 e. The lowest BCUT2D eigenvalue weighted by Gasteiger charge is -2.15. The predicted octanol–water partition coefficient (Wildman–Crippen LogP) is 3.35. The van der Waals surface area contributed by atoms with E-state index >= 15 is 0 Å². The molecule has 1 aromatic carbocycles. The van der Waals surface area contributed by atoms with E-state index in [1.54, 1.807) is 24.3 Å². The molecule has 0 saturated heterocycles. The number of hydrogen-bond donors (Lipinski definition) is 2. The van der Waals surface area contributed by atoms with Crippen molar-refractivity contribution in [2.75, 3.05) is 18.5 Å². The number of carbonyl (C=O) groups is 1. The Morgan fingerprint density at radius 2 is 2.00 bits per heavy atom. The van der Waals surface area contributed by atoms with Crippen molar-refractivity contribution >= 4 is 28.3 Å². The summed E-state index contributed by atoms with van der Waals surface area (Å²) < 4.78 is 45.1. The van der Waals surface area contributed by atoms with Crippen LogP contribution in [0.15, 0.2) is 36.5 Å². The largest absolute Gasteiger partial charge is 0.408 e. The van der Waals surface area contributed by atoms with Gasteiger partial charge in [0.15, 0.2) is 11.5 Å². The summed E-state index contributed by atoms with van der Waals surface area (Å²) in [6.07, 6.45) is -0.645. The molecule has 0 saturated carbocycles. The van der Waals surface area contributed by atoms with Gasteiger partial charge in [0.05, 0.1) is 30.5 Å². The molecule has 3 aromatic rings. The van der Waals surface area contributed by atoms with E-state index in [0.29, 0.717) is 42.0 Å². The molecule has 2 aromatic heterocycles. The molecule has 1 aliphatic rings. The van der Waals surface area contributed by atoms with Gasteiger partial charge in [0.2, 0.25) is 0 Å². The number of rotatable bonds is 4. The smallest absolute Gasteiger partial charge is 0.377 e. The summed E-state index contributed by atoms with van der Waals surface area (Å²) in [5, 5.41) is 6.78. The Bertz CT molecular complexity index is 1120. The molecular weight excluding hydrogens is 401 g/mol. The van der Waals surface area contributed by atoms with Crippen LogP contribution in [0.4, 0.5) is 23.7 Å². The minimum atomic E-state index is -4.44. The summed E-state index contributed by atoms with van der Waals surface area (Å²) in [6, 6.07) is 5.81. The van der Waals surface area contributed by atoms with E-state index in [0.717, 1.165) is 10.3 Å². The SMILES string of the molecule is NC(=O)Nc1ccc(-c2nc(C3=CCOCC3)c3cnn(CC(F)(F)F)c3n2)cc1. The highest BCUT2D eigenvalue weighted by atomic mass is 19.4. The zero-order valence-electron chi connectivity index (χ0n) is 15.6. The summed E-state index contributed by atoms with van der Waals surface area (Å²) in [6.45, 7) is -0.354. The van der Waals surface area contributed by atoms with Gasteiger partial charge < -0.3 is 15.8 Å². The van der Waals surface area contributed by atoms with E-state index in [1.807, 2.05) is 6.08 Å². The summed E-state index contributed by atoms with van der Waals surface area (Å²) in [5.74, 6) is 0.249. The van der Waals surface area contributed by atoms with Crippen LogP contribution in [0.2, 0.25) is 0 Å². The number of ether oxygens (including phenoxy) is 1. The molecule has 30 heavy (non-hydrogen) atoms. The third-order valence-electron chi connectivity index (χ3n) is 4.50. The molecule has 4 rings (SSSR count). The molecule has 0 spiro atoms. The summed E-state index contributed by atoms with van der Waals surface area (Å²) in [4.78, 5) is 19.9. The fourth-order valence-corrected chi connectivity index (χ4v) is 3.20. The van der Waals surface area contributed by atoms with Crippen LogP contribution in [0.3, 0.4) is 0 Å². The normalized spacial score (nSPS) is 14.6. The quantitative estimate of drug-likeness (QED) is 0.676. The summed E-state index contributed by atoms with van der Waals surface area (Å²) in [5.41, 5.74) is 7.64. The maximum atomic E-state index is 13.0. The van der Waals surface area contributed by atoms with E-state index in [1.165, 1.54) is 6.20 Å². The van der Waals surface area contributed by atoms with Crippen molar-refractivity contribution in [1.29, 1.82) is 0 Å². The highest BCUT2D eigenvalue weighted by molar-refractivity contribution is 5.90. The average molecular weight is 418 g/mol. The highest BCUT2D eigenvalue weighted by Crippen LogP contribution is 2.30. The molecule has 0 fully saturated rings. The number of primary amides is 1. The third-order valence-corrected chi connectivity index (χ3v) is 4.50. The average Bonchev–Trinajstić information content (AvgIpc) is 3.09. The lowest BCUT2D eigenvalue weighted by Crippen LogP contribution is -2.19. The van der Waals surface area contributed by atoms with Crippen molar-refractivity contribution in [1.82, 2.24) is 19.7 Å². The van der Waals surface area contributed by atoms with E-state index in [9.17, 15) is 18.0 Å². The number of alkyl halides is 3. The minimum absolute atomic E-state index is 0.0963. The molecule has 0 atom stereocenters. The number of halogens is 3. The predicted molar refractivity (Wildman–Crippen MR) is 103 cm³/mol. The van der Waals surface area contributed by atoms with E-state index in [-0.39, 0.29) is 11.5 Å². The van der Waals surface area contributed by atoms with Gasteiger partial charge in [-0.15, -0.1) is 0 Å². The van der Waals surface area contributed by atoms with Crippen LogP contribution in [0.5, 0.6) is 0 Å². The van der Waals surface area contributed by atoms with Gasteiger partial charge in [0.25, 0.3) is 0 Å². The molecule has 0 aliphatic carbocycles. The first-order valence-corrected chi connectivity index (χ1v) is 9.04. The Kier molecular flexibility index (Phi) is 5.12. The van der Waals surface area contributed by atoms with E-state index in [2.05, 4.69) is 20.4 Å². The molecule has 0 bridgehead atoms. The van der Waals surface area contributed by atoms with E-state index < -0.39 is 18.8 Å². The van der Waals surface area contributed by atoms with Crippen LogP contribution < -0.4 is 11.1 Å². The van der Waals surface area contributed by atoms with Crippen LogP contribution >= 0.6 is 0 Å². The monoisotopic (exact) mass is 418 g/mol. The van der Waals surface area contributed by atoms with Gasteiger partial charge in [-0.3, -0.25) is 0 Å². The van der Waals surface area contributed by atoms with Gasteiger partial charge >= 0.3 is 12.2 Å². The van der Waals surface area contributed by atoms with Gasteiger partial charge in [-0.05, 0) is 36.3 Å². The molecule has 0 radical (unpaired) electrons. The van der Waals surface area contributed by atoms with Crippen LogP contribution in [0.1, 0.15) is 12.1 Å². The van der Waals surface area contributed by atoms with Crippen molar-refractivity contribution in [3.63, 3.8) is 0 Å². The second-order valence-corrected chi connectivity index (χ2v) is 6.67. The number of hydrogen-bond acceptors (Lipinski definition) is 5. The highest BCUT2D eigenvalue weighted by Gasteiger charge is 2.30. The third kappa shape index (κ3) is 4.25. The number of fused-ring (bicyclic) bond motifs is 1. The van der Waals surface area contributed by atoms with Crippen LogP contribution in [0.25, 0.3) is 28.0 Å². The standard InChI is InChI=1S/C19H17F3N6O2/c20-19(21,22)10-28-17-14(9-24-28)15(11-5-7-30-8-6-11)26-16(27-17)12-1-3-13(4-2-12)25-18(23)29/h1-5,9H,6-8,10H2,(H3,23,25,29). The maximum absolute atomic E-state index is 13.0. The molecule has 8 nitrogen and oxygen atoms in total. The number of anilines is 1. The van der Waals surface area contributed by atoms with Gasteiger partial charge in [0.1, 0.15) is 6.54 Å². The lowest BCUT2D eigenvalue weighted by molar-refractivity contribution is -0.141. The summed E-state index contributed by atoms with van der Waals surface area (Å²) >= 11 is 0. The Labute approximate surface area is 168 Å². The number of urea groups is 1. The molecule has 156 valence electrons. The van der Waals surface area contributed by atoms with Crippen molar-refractivity contribution in [3.8, 4) is 11.4 Å². The first-order valence-electron chi connectivity index (χ1n) is 9.04. The number of nitrogens with zero attached hydrogens (tertiary/aromatic N) is 4. The van der Waals surface area contributed by atoms with Crippen molar-refractivity contribution in [3.05, 3.63) is 42.2 Å². The van der Waals surface area contributed by atoms with Crippen molar-refractivity contribution < 1.29 is 22.7 Å². The summed E-state index contributed by atoms with van der Waals surface area (Å²) in [7, 11) is 0. The zero-order chi connectivity index (χ0) is 21.3. The Balaban J connectivity index is 1.83. The topological polar surface area (TPSA) is 108 Å². The van der Waals surface area contributed by atoms with Crippen LogP contribution in [-0.2, 0) is 11.3 Å². The van der Waals surface area contributed by atoms with Gasteiger partial charge in [-0.1, -0.05) is 6.08 Å². The number of benzene rings is 1. The molecule has 3 heterocycles. The molecule has 0 unspecified atom stereocenters. The Hall–Kier alpha value is -3.47. The number of nitrogens with two attached hydrogens (primary N) is 1. The maximum Gasteiger partial charge on any atom is 0.408 e. The first-order chi connectivity index (χ1) is 14.3. The Morgan fingerprint density at radius 3 is 2.63 bits per heavy atom. The van der Waals surface area contributed by atoms with Gasteiger partial charge in [-0.25, -0.2) is 19.4 Å².